The molecule has 2 amide bonds. The van der Waals surface area contributed by atoms with Crippen molar-refractivity contribution in [3.05, 3.63) is 61.7 Å². The first kappa shape index (κ1) is 29.7. The number of aryl methyl sites for hydroxylation is 1. The molecule has 0 fully saturated rings. The minimum absolute atomic E-state index is 0.000310. The van der Waals surface area contributed by atoms with Crippen LogP contribution in [-0.4, -0.2) is 59.1 Å². The highest BCUT2D eigenvalue weighted by Crippen LogP contribution is 2.45. The number of aromatic nitrogens is 2. The Bertz CT molecular complexity index is 1790. The van der Waals surface area contributed by atoms with Gasteiger partial charge in [0.2, 0.25) is 5.91 Å². The van der Waals surface area contributed by atoms with Crippen molar-refractivity contribution >= 4 is 28.9 Å². The van der Waals surface area contributed by atoms with Crippen molar-refractivity contribution in [2.45, 2.75) is 57.9 Å². The van der Waals surface area contributed by atoms with Crippen LogP contribution in [-0.2, 0) is 49.0 Å². The zero-order chi connectivity index (χ0) is 31.3. The number of rotatable bonds is 8. The van der Waals surface area contributed by atoms with Crippen LogP contribution in [0, 0.1) is 12.7 Å². The van der Waals surface area contributed by atoms with Gasteiger partial charge in [0, 0.05) is 22.6 Å². The number of alkyl carbamates (subject to hydrolysis) is 1. The van der Waals surface area contributed by atoms with Crippen molar-refractivity contribution in [3.63, 3.8) is 0 Å². The molecule has 14 heteroatoms. The molecule has 2 aromatic heterocycles. The second-order valence-corrected chi connectivity index (χ2v) is 11.0. The molecule has 1 aromatic carbocycles. The summed E-state index contributed by atoms with van der Waals surface area (Å²) in [5, 5.41) is 17.3. The molecule has 0 bridgehead atoms. The molecule has 44 heavy (non-hydrogen) atoms. The van der Waals surface area contributed by atoms with Crippen LogP contribution in [0.2, 0.25) is 0 Å². The fraction of sp³-hybridized carbons (Fsp3) is 0.433. The van der Waals surface area contributed by atoms with Gasteiger partial charge in [-0.25, -0.2) is 19.0 Å². The summed E-state index contributed by atoms with van der Waals surface area (Å²) in [4.78, 5) is 55.1. The molecular formula is C30H32FN5O8. The quantitative estimate of drug-likeness (QED) is 0.129. The van der Waals surface area contributed by atoms with Crippen LogP contribution in [0.15, 0.2) is 16.9 Å². The van der Waals surface area contributed by atoms with Crippen LogP contribution in [0.1, 0.15) is 59.2 Å². The number of aliphatic hydroxyl groups is 1. The van der Waals surface area contributed by atoms with E-state index in [1.54, 1.807) is 19.9 Å². The Morgan fingerprint density at radius 3 is 2.80 bits per heavy atom. The summed E-state index contributed by atoms with van der Waals surface area (Å²) >= 11 is 0. The zero-order valence-corrected chi connectivity index (χ0v) is 24.3. The van der Waals surface area contributed by atoms with Crippen molar-refractivity contribution in [1.29, 1.82) is 0 Å². The molecule has 2 aliphatic heterocycles. The lowest BCUT2D eigenvalue weighted by Gasteiger charge is -2.31. The van der Waals surface area contributed by atoms with E-state index in [0.29, 0.717) is 51.8 Å². The van der Waals surface area contributed by atoms with E-state index in [9.17, 15) is 24.3 Å². The average molecular weight is 610 g/mol. The molecule has 6 rings (SSSR count). The van der Waals surface area contributed by atoms with Gasteiger partial charge in [-0.3, -0.25) is 9.59 Å². The SMILES string of the molecule is CC[C@@]1(O)C(=O)OCc2c1cc1n(c2=O)Cc2c-1nc1cc(F)c(C)c3c1c2[C@@H](NC(=O)OCCOCNC(=O)CN)CC3. The molecule has 3 aliphatic rings. The van der Waals surface area contributed by atoms with E-state index in [4.69, 9.17) is 24.9 Å². The highest BCUT2D eigenvalue weighted by Gasteiger charge is 2.46. The number of carbonyl (C=O) groups excluding carboxylic acids is 3. The number of halogens is 1. The third kappa shape index (κ3) is 4.69. The van der Waals surface area contributed by atoms with E-state index in [-0.39, 0.29) is 63.1 Å². The standard InChI is InChI=1S/C30H32FN5O8/c1-3-30(41)18-8-22-26-16(11-36(22)27(38)17(18)12-44-28(30)39)25-20(35-29(40)43-7-6-42-13-33-23(37)10-32)5-4-15-14(2)19(31)9-21(34-26)24(15)25/h8-9,20,41H,3-7,10-13,32H2,1-2H3,(H,33,37)(H,35,40)/t20-,30-/m0/s1. The third-order valence-electron chi connectivity index (χ3n) is 8.69. The van der Waals surface area contributed by atoms with Gasteiger partial charge in [-0.1, -0.05) is 6.92 Å². The summed E-state index contributed by atoms with van der Waals surface area (Å²) in [5.41, 5.74) is 7.01. The number of fused-ring (bicyclic) bond motifs is 5. The van der Waals surface area contributed by atoms with Gasteiger partial charge in [-0.2, -0.15) is 0 Å². The number of pyridine rings is 2. The Labute approximate surface area is 250 Å². The summed E-state index contributed by atoms with van der Waals surface area (Å²) in [6, 6.07) is 2.40. The summed E-state index contributed by atoms with van der Waals surface area (Å²) < 4.78 is 32.3. The van der Waals surface area contributed by atoms with Crippen LogP contribution >= 0.6 is 0 Å². The number of esters is 1. The number of cyclic esters (lactones) is 1. The average Bonchev–Trinajstić information content (AvgIpc) is 3.38. The van der Waals surface area contributed by atoms with E-state index in [1.165, 1.54) is 10.6 Å². The fourth-order valence-electron chi connectivity index (χ4n) is 6.35. The van der Waals surface area contributed by atoms with Gasteiger partial charge in [-0.05, 0) is 48.9 Å². The first-order valence-corrected chi connectivity index (χ1v) is 14.4. The van der Waals surface area contributed by atoms with Crippen molar-refractivity contribution < 1.29 is 38.1 Å². The van der Waals surface area contributed by atoms with Crippen molar-refractivity contribution in [1.82, 2.24) is 20.2 Å². The molecule has 232 valence electrons. The number of hydrogen-bond acceptors (Lipinski definition) is 10. The molecule has 0 spiro atoms. The molecule has 0 saturated heterocycles. The number of nitrogens with two attached hydrogens (primary N) is 1. The molecule has 3 aromatic rings. The van der Waals surface area contributed by atoms with Gasteiger partial charge >= 0.3 is 12.1 Å². The number of benzene rings is 1. The molecule has 0 radical (unpaired) electrons. The molecule has 2 atom stereocenters. The topological polar surface area (TPSA) is 184 Å². The Morgan fingerprint density at radius 2 is 2.05 bits per heavy atom. The molecule has 13 nitrogen and oxygen atoms in total. The van der Waals surface area contributed by atoms with Crippen molar-refractivity contribution in [2.24, 2.45) is 5.73 Å². The third-order valence-corrected chi connectivity index (χ3v) is 8.69. The van der Waals surface area contributed by atoms with Crippen molar-refractivity contribution in [3.8, 4) is 11.4 Å². The normalized spacial score (nSPS) is 19.6. The predicted molar refractivity (Wildman–Crippen MR) is 153 cm³/mol. The first-order chi connectivity index (χ1) is 21.1. The number of hydrogen-bond donors (Lipinski definition) is 4. The van der Waals surface area contributed by atoms with Gasteiger partial charge in [-0.15, -0.1) is 0 Å². The van der Waals surface area contributed by atoms with E-state index in [2.05, 4.69) is 10.6 Å². The highest BCUT2D eigenvalue weighted by atomic mass is 19.1. The number of ether oxygens (including phenoxy) is 3. The monoisotopic (exact) mass is 609 g/mol. The van der Waals surface area contributed by atoms with Crippen molar-refractivity contribution in [2.75, 3.05) is 26.5 Å². The predicted octanol–water partition coefficient (Wildman–Crippen LogP) is 1.29. The lowest BCUT2D eigenvalue weighted by atomic mass is 9.81. The second kappa shape index (κ2) is 11.3. The molecule has 5 N–H and O–H groups in total. The van der Waals surface area contributed by atoms with Crippen LogP contribution in [0.3, 0.4) is 0 Å². The molecule has 1 aliphatic carbocycles. The summed E-state index contributed by atoms with van der Waals surface area (Å²) in [6.45, 7) is 2.92. The Hall–Kier alpha value is -4.40. The van der Waals surface area contributed by atoms with Crippen LogP contribution in [0.4, 0.5) is 9.18 Å². The largest absolute Gasteiger partial charge is 0.458 e. The summed E-state index contributed by atoms with van der Waals surface area (Å²) in [7, 11) is 0. The van der Waals surface area contributed by atoms with Gasteiger partial charge in [0.05, 0.1) is 48.2 Å². The Kier molecular flexibility index (Phi) is 7.59. The van der Waals surface area contributed by atoms with E-state index < -0.39 is 35.1 Å². The van der Waals surface area contributed by atoms with Gasteiger partial charge in [0.25, 0.3) is 5.56 Å². The smallest absolute Gasteiger partial charge is 0.407 e. The molecule has 4 heterocycles. The molecular weight excluding hydrogens is 577 g/mol. The zero-order valence-electron chi connectivity index (χ0n) is 24.3. The molecule has 0 saturated carbocycles. The van der Waals surface area contributed by atoms with Crippen LogP contribution in [0.5, 0.6) is 0 Å². The number of carbonyl (C=O) groups is 3. The maximum atomic E-state index is 15.1. The van der Waals surface area contributed by atoms with E-state index >= 15 is 4.39 Å². The number of nitrogens with zero attached hydrogens (tertiary/aromatic N) is 2. The lowest BCUT2D eigenvalue weighted by Crippen LogP contribution is -2.44. The molecule has 0 unspecified atom stereocenters. The van der Waals surface area contributed by atoms with Crippen LogP contribution < -0.4 is 21.9 Å². The van der Waals surface area contributed by atoms with Crippen LogP contribution in [0.25, 0.3) is 22.3 Å². The summed E-state index contributed by atoms with van der Waals surface area (Å²) in [6.07, 6.45) is 0.226. The van der Waals surface area contributed by atoms with Gasteiger partial charge < -0.3 is 40.3 Å². The van der Waals surface area contributed by atoms with Gasteiger partial charge in [0.1, 0.15) is 25.8 Å². The van der Waals surface area contributed by atoms with Gasteiger partial charge in [0.15, 0.2) is 5.60 Å². The minimum Gasteiger partial charge on any atom is -0.458 e. The van der Waals surface area contributed by atoms with E-state index in [1.807, 2.05) is 0 Å². The number of nitrogens with one attached hydrogen (secondary N) is 2. The second-order valence-electron chi connectivity index (χ2n) is 11.0. The maximum Gasteiger partial charge on any atom is 0.407 e. The fourth-order valence-corrected chi connectivity index (χ4v) is 6.35. The summed E-state index contributed by atoms with van der Waals surface area (Å²) in [5.74, 6) is -1.62. The Morgan fingerprint density at radius 1 is 1.25 bits per heavy atom. The first-order valence-electron chi connectivity index (χ1n) is 14.4. The maximum absolute atomic E-state index is 15.1. The lowest BCUT2D eigenvalue weighted by molar-refractivity contribution is -0.172. The highest BCUT2D eigenvalue weighted by molar-refractivity contribution is 5.93. The number of amides is 2. The Balaban J connectivity index is 1.37. The van der Waals surface area contributed by atoms with E-state index in [0.717, 1.165) is 5.56 Å². The minimum atomic E-state index is -1.99.